The highest BCUT2D eigenvalue weighted by atomic mass is 31.2. The molecule has 4 aliphatic rings. The number of carbonyl (C=O) groups is 2. The maximum atomic E-state index is 13.8. The topological polar surface area (TPSA) is 268 Å². The summed E-state index contributed by atoms with van der Waals surface area (Å²) in [7, 11) is -4.36. The molecule has 10 atom stereocenters. The lowest BCUT2D eigenvalue weighted by Gasteiger charge is -2.42. The first kappa shape index (κ1) is 53.7. The highest BCUT2D eigenvalue weighted by Crippen LogP contribution is 2.38. The molecule has 4 rings (SSSR count). The highest BCUT2D eigenvalue weighted by Gasteiger charge is 2.55. The van der Waals surface area contributed by atoms with Gasteiger partial charge in [0.25, 0.3) is 0 Å². The fraction of sp³-hybridized carbons (Fsp3) is 0.946. The number of hydrazine groups is 2. The highest BCUT2D eigenvalue weighted by molar-refractivity contribution is 7.51. The van der Waals surface area contributed by atoms with Crippen molar-refractivity contribution in [3.63, 3.8) is 0 Å². The Bertz CT molecular complexity index is 1370. The average molecular weight is 946 g/mol. The SMILES string of the molecule is O=C(NCCCCC1CN(CCOCCOCCOCCOCCC(=O)OC2C(F)C(F)C(F)C(F)C2F)NN1)NC1CCC(O[C@H]2O[C@H](CCP(=O)(O)O)[C@@H](O)[C@H](O)[C@@H]2O)CC1. The van der Waals surface area contributed by atoms with Crippen LogP contribution in [0.3, 0.4) is 0 Å². The Morgan fingerprint density at radius 1 is 0.746 bits per heavy atom. The van der Waals surface area contributed by atoms with Gasteiger partial charge in [-0.3, -0.25) is 9.36 Å². The lowest BCUT2D eigenvalue weighted by Crippen LogP contribution is -2.59. The van der Waals surface area contributed by atoms with Gasteiger partial charge in [-0.1, -0.05) is 6.42 Å². The van der Waals surface area contributed by atoms with Crippen molar-refractivity contribution in [3.05, 3.63) is 0 Å². The van der Waals surface area contributed by atoms with Gasteiger partial charge in [-0.2, -0.15) is 5.53 Å². The molecule has 0 bridgehead atoms. The molecule has 0 spiro atoms. The van der Waals surface area contributed by atoms with Crippen molar-refractivity contribution in [1.29, 1.82) is 0 Å². The molecule has 2 saturated heterocycles. The van der Waals surface area contributed by atoms with Gasteiger partial charge in [-0.15, -0.1) is 0 Å². The van der Waals surface area contributed by atoms with Crippen LogP contribution >= 0.6 is 7.60 Å². The minimum absolute atomic E-state index is 0.0805. The fourth-order valence-electron chi connectivity index (χ4n) is 7.40. The number of carbonyl (C=O) groups excluding carboxylic acids is 2. The van der Waals surface area contributed by atoms with Crippen molar-refractivity contribution in [3.8, 4) is 0 Å². The van der Waals surface area contributed by atoms with Crippen LogP contribution in [0.25, 0.3) is 0 Å². The summed E-state index contributed by atoms with van der Waals surface area (Å²) in [5, 5.41) is 38.7. The number of rotatable bonds is 27. The zero-order valence-corrected chi connectivity index (χ0v) is 35.9. The summed E-state index contributed by atoms with van der Waals surface area (Å²) in [5.41, 5.74) is 6.37. The van der Waals surface area contributed by atoms with E-state index in [9.17, 15) is 51.4 Å². The monoisotopic (exact) mass is 945 g/mol. The third-order valence-electron chi connectivity index (χ3n) is 11.0. The van der Waals surface area contributed by atoms with E-state index in [0.29, 0.717) is 65.2 Å². The molecule has 0 radical (unpaired) electrons. The van der Waals surface area contributed by atoms with E-state index < -0.39 is 93.8 Å². The zero-order chi connectivity index (χ0) is 45.9. The first-order valence-corrected chi connectivity index (χ1v) is 23.2. The molecule has 63 heavy (non-hydrogen) atoms. The van der Waals surface area contributed by atoms with Crippen molar-refractivity contribution >= 4 is 19.6 Å². The average Bonchev–Trinajstić information content (AvgIpc) is 3.71. The van der Waals surface area contributed by atoms with Gasteiger partial charge in [0.2, 0.25) is 0 Å². The number of esters is 1. The number of nitrogens with zero attached hydrogens (tertiary/aromatic N) is 1. The van der Waals surface area contributed by atoms with E-state index in [1.54, 1.807) is 0 Å². The summed E-state index contributed by atoms with van der Waals surface area (Å²) in [6.07, 6.45) is -20.6. The van der Waals surface area contributed by atoms with Gasteiger partial charge < -0.3 is 68.9 Å². The molecule has 0 aromatic rings. The second-order valence-electron chi connectivity index (χ2n) is 16.0. The molecule has 368 valence electrons. The number of urea groups is 1. The van der Waals surface area contributed by atoms with Gasteiger partial charge >= 0.3 is 19.6 Å². The zero-order valence-electron chi connectivity index (χ0n) is 35.0. The van der Waals surface area contributed by atoms with Crippen LogP contribution in [0.5, 0.6) is 0 Å². The maximum absolute atomic E-state index is 13.8. The maximum Gasteiger partial charge on any atom is 0.325 e. The molecule has 20 nitrogen and oxygen atoms in total. The third kappa shape index (κ3) is 18.7. The minimum Gasteiger partial charge on any atom is -0.456 e. The number of hydrogen-bond acceptors (Lipinski definition) is 16. The Labute approximate surface area is 362 Å². The standard InChI is InChI=1S/C37H65F5N5O15P/c38-27-28(39)30(41)35(31(42)29(27)40)62-26(48)8-12-56-14-16-58-18-19-59-17-15-57-13-11-47-21-23(45-46-47)3-1-2-10-43-37(52)44-22-4-6-24(7-5-22)60-36-34(51)33(50)32(49)25(61-36)9-20-63(53,54)55/h22-25,27-36,45-46,49-51H,1-21H2,(H2,43,44,52)(H2,53,54,55)/t22?,23?,24?,25-,27?,28?,29?,30?,31?,32-,33+,34+,35?,36+/m1/s1. The molecular weight excluding hydrogens is 880 g/mol. The van der Waals surface area contributed by atoms with Crippen LogP contribution in [0.15, 0.2) is 0 Å². The molecule has 4 fully saturated rings. The van der Waals surface area contributed by atoms with Crippen molar-refractivity contribution in [2.24, 2.45) is 0 Å². The lowest BCUT2D eigenvalue weighted by molar-refractivity contribution is -0.309. The van der Waals surface area contributed by atoms with Crippen molar-refractivity contribution in [1.82, 2.24) is 26.6 Å². The summed E-state index contributed by atoms with van der Waals surface area (Å²) >= 11 is 0. The lowest BCUT2D eigenvalue weighted by atomic mass is 9.89. The molecule has 2 amide bonds. The molecule has 26 heteroatoms. The first-order valence-electron chi connectivity index (χ1n) is 21.4. The molecule has 0 aromatic heterocycles. The van der Waals surface area contributed by atoms with Crippen LogP contribution in [-0.4, -0.2) is 207 Å². The van der Waals surface area contributed by atoms with Gasteiger partial charge in [-0.25, -0.2) is 37.2 Å². The number of aliphatic hydroxyl groups excluding tert-OH is 3. The number of unbranched alkanes of at least 4 members (excludes halogenated alkanes) is 1. The van der Waals surface area contributed by atoms with E-state index in [1.807, 2.05) is 5.01 Å². The van der Waals surface area contributed by atoms with E-state index >= 15 is 0 Å². The molecule has 5 unspecified atom stereocenters. The van der Waals surface area contributed by atoms with Crippen molar-refractivity contribution in [2.45, 2.75) is 144 Å². The largest absolute Gasteiger partial charge is 0.456 e. The fourth-order valence-corrected chi connectivity index (χ4v) is 7.99. The summed E-state index contributed by atoms with van der Waals surface area (Å²) in [6.45, 7) is 3.79. The first-order chi connectivity index (χ1) is 30.0. The Kier molecular flexibility index (Phi) is 23.5. The van der Waals surface area contributed by atoms with Crippen LogP contribution < -0.4 is 21.6 Å². The van der Waals surface area contributed by atoms with E-state index in [1.165, 1.54) is 0 Å². The second-order valence-corrected chi connectivity index (χ2v) is 17.7. The van der Waals surface area contributed by atoms with Gasteiger partial charge in [-0.05, 0) is 44.9 Å². The van der Waals surface area contributed by atoms with Crippen LogP contribution in [0.2, 0.25) is 0 Å². The molecular formula is C37H65F5N5O15P. The van der Waals surface area contributed by atoms with Crippen LogP contribution in [0.4, 0.5) is 26.7 Å². The van der Waals surface area contributed by atoms with Crippen molar-refractivity contribution in [2.75, 3.05) is 78.7 Å². The quantitative estimate of drug-likeness (QED) is 0.0226. The molecule has 2 saturated carbocycles. The summed E-state index contributed by atoms with van der Waals surface area (Å²) in [6, 6.07) is -0.115. The minimum atomic E-state index is -4.36. The van der Waals surface area contributed by atoms with Crippen molar-refractivity contribution < 1.29 is 94.4 Å². The normalized spacial score (nSPS) is 34.2. The van der Waals surface area contributed by atoms with Gasteiger partial charge in [0.15, 0.2) is 43.3 Å². The summed E-state index contributed by atoms with van der Waals surface area (Å²) in [5.74, 6) is -1.14. The number of hydrogen-bond donors (Lipinski definition) is 9. The molecule has 2 aliphatic heterocycles. The van der Waals surface area contributed by atoms with E-state index in [2.05, 4.69) is 26.3 Å². The van der Waals surface area contributed by atoms with E-state index in [-0.39, 0.29) is 57.1 Å². The number of halogens is 5. The molecule has 2 heterocycles. The molecule has 0 aromatic carbocycles. The van der Waals surface area contributed by atoms with Crippen LogP contribution in [0, 0.1) is 0 Å². The Morgan fingerprint density at radius 2 is 1.33 bits per heavy atom. The Balaban J connectivity index is 0.899. The van der Waals surface area contributed by atoms with Crippen LogP contribution in [0.1, 0.15) is 57.8 Å². The number of ether oxygens (including phenoxy) is 7. The van der Waals surface area contributed by atoms with E-state index in [0.717, 1.165) is 25.8 Å². The third-order valence-corrected chi connectivity index (χ3v) is 11.9. The summed E-state index contributed by atoms with van der Waals surface area (Å²) < 4.78 is 117. The number of alkyl halides is 5. The van der Waals surface area contributed by atoms with E-state index in [4.69, 9.17) is 38.2 Å². The Morgan fingerprint density at radius 3 is 1.95 bits per heavy atom. The van der Waals surface area contributed by atoms with Gasteiger partial charge in [0.05, 0.1) is 77.6 Å². The smallest absolute Gasteiger partial charge is 0.325 e. The molecule has 2 aliphatic carbocycles. The van der Waals surface area contributed by atoms with Gasteiger partial charge in [0, 0.05) is 31.7 Å². The van der Waals surface area contributed by atoms with Crippen LogP contribution in [-0.2, 0) is 42.5 Å². The van der Waals surface area contributed by atoms with Gasteiger partial charge in [0.1, 0.15) is 18.3 Å². The summed E-state index contributed by atoms with van der Waals surface area (Å²) in [4.78, 5) is 42.6. The Hall–Kier alpha value is -1.94. The predicted molar refractivity (Wildman–Crippen MR) is 210 cm³/mol. The predicted octanol–water partition coefficient (Wildman–Crippen LogP) is -0.0751. The number of amides is 2. The second kappa shape index (κ2) is 27.6. The number of nitrogens with one attached hydrogen (secondary N) is 4. The molecule has 9 N–H and O–H groups in total. The number of aliphatic hydroxyl groups is 3.